The van der Waals surface area contributed by atoms with Gasteiger partial charge in [-0.05, 0) is 13.3 Å². The molecule has 6 nitrogen and oxygen atoms in total. The molecule has 1 aromatic rings. The van der Waals surface area contributed by atoms with E-state index in [0.717, 1.165) is 5.56 Å². The highest BCUT2D eigenvalue weighted by Crippen LogP contribution is 2.45. The molecule has 0 radical (unpaired) electrons. The summed E-state index contributed by atoms with van der Waals surface area (Å²) >= 11 is 0. The van der Waals surface area contributed by atoms with E-state index in [1.165, 1.54) is 6.20 Å². The van der Waals surface area contributed by atoms with Crippen molar-refractivity contribution in [1.82, 2.24) is 9.88 Å². The molecule has 1 saturated heterocycles. The molecular weight excluding hydrogens is 280 g/mol. The second kappa shape index (κ2) is 4.99. The highest BCUT2D eigenvalue weighted by molar-refractivity contribution is 5.86. The Kier molecular flexibility index (Phi) is 3.26. The topological polar surface area (TPSA) is 90.0 Å². The van der Waals surface area contributed by atoms with Crippen LogP contribution in [-0.4, -0.2) is 28.4 Å². The van der Waals surface area contributed by atoms with Crippen molar-refractivity contribution in [3.8, 4) is 17.9 Å². The number of rotatable bonds is 2. The van der Waals surface area contributed by atoms with Gasteiger partial charge in [-0.2, -0.15) is 10.5 Å². The zero-order valence-corrected chi connectivity index (χ0v) is 12.5. The average molecular weight is 296 g/mol. The lowest BCUT2D eigenvalue weighted by Gasteiger charge is -2.31. The number of hydrogen-bond donors (Lipinski definition) is 0. The third-order valence-corrected chi connectivity index (χ3v) is 4.64. The van der Waals surface area contributed by atoms with E-state index in [1.54, 1.807) is 18.0 Å². The number of pyridine rings is 1. The molecule has 0 saturated carbocycles. The van der Waals surface area contributed by atoms with Crippen LogP contribution in [0, 0.1) is 28.1 Å². The number of nitriles is 2. The van der Waals surface area contributed by atoms with Gasteiger partial charge < -0.3 is 9.64 Å². The van der Waals surface area contributed by atoms with Crippen LogP contribution in [0.3, 0.4) is 0 Å². The molecule has 0 aromatic carbocycles. The fourth-order valence-corrected chi connectivity index (χ4v) is 3.08. The molecular formula is C16H16N4O2. The predicted molar refractivity (Wildman–Crippen MR) is 76.5 cm³/mol. The lowest BCUT2D eigenvalue weighted by atomic mass is 9.87. The fraction of sp³-hybridized carbons (Fsp3) is 0.500. The first-order chi connectivity index (χ1) is 10.5. The lowest BCUT2D eigenvalue weighted by Crippen LogP contribution is -2.41. The Bertz CT molecular complexity index is 718. The van der Waals surface area contributed by atoms with E-state index in [0.29, 0.717) is 30.7 Å². The van der Waals surface area contributed by atoms with E-state index in [1.807, 2.05) is 6.92 Å². The highest BCUT2D eigenvalue weighted by atomic mass is 16.5. The van der Waals surface area contributed by atoms with E-state index < -0.39 is 5.41 Å². The first-order valence-electron chi connectivity index (χ1n) is 7.31. The smallest absolute Gasteiger partial charge is 0.243 e. The number of hydrogen-bond acceptors (Lipinski definition) is 5. The van der Waals surface area contributed by atoms with E-state index in [2.05, 4.69) is 17.1 Å². The Balaban J connectivity index is 2.01. The average Bonchev–Trinajstić information content (AvgIpc) is 2.90. The molecule has 0 spiro atoms. The summed E-state index contributed by atoms with van der Waals surface area (Å²) in [6.45, 7) is 3.95. The summed E-state index contributed by atoms with van der Waals surface area (Å²) in [5.41, 5.74) is 0.121. The molecule has 1 amide bonds. The zero-order valence-electron chi connectivity index (χ0n) is 12.5. The van der Waals surface area contributed by atoms with Crippen LogP contribution in [0.4, 0.5) is 0 Å². The second-order valence-corrected chi connectivity index (χ2v) is 5.96. The minimum Gasteiger partial charge on any atom is -0.487 e. The molecule has 3 heterocycles. The maximum Gasteiger partial charge on any atom is 0.243 e. The summed E-state index contributed by atoms with van der Waals surface area (Å²) in [4.78, 5) is 18.6. The van der Waals surface area contributed by atoms with E-state index in [-0.39, 0.29) is 18.1 Å². The van der Waals surface area contributed by atoms with Gasteiger partial charge in [0, 0.05) is 24.4 Å². The van der Waals surface area contributed by atoms with Gasteiger partial charge >= 0.3 is 0 Å². The molecule has 3 rings (SSSR count). The summed E-state index contributed by atoms with van der Waals surface area (Å²) in [6, 6.07) is 4.04. The molecule has 22 heavy (non-hydrogen) atoms. The van der Waals surface area contributed by atoms with Crippen molar-refractivity contribution in [1.29, 1.82) is 10.5 Å². The van der Waals surface area contributed by atoms with Crippen molar-refractivity contribution in [2.75, 3.05) is 6.54 Å². The number of aromatic nitrogens is 1. The van der Waals surface area contributed by atoms with Crippen LogP contribution in [0.25, 0.3) is 0 Å². The molecule has 0 unspecified atom stereocenters. The van der Waals surface area contributed by atoms with Crippen molar-refractivity contribution in [2.45, 2.75) is 38.8 Å². The molecule has 0 aliphatic carbocycles. The van der Waals surface area contributed by atoms with Crippen molar-refractivity contribution < 1.29 is 9.53 Å². The molecule has 0 N–H and O–H groups in total. The zero-order chi connectivity index (χ0) is 15.9. The summed E-state index contributed by atoms with van der Waals surface area (Å²) in [7, 11) is 0. The van der Waals surface area contributed by atoms with E-state index in [4.69, 9.17) is 4.74 Å². The standard InChI is InChI=1S/C16H16N4O2/c1-3-16(2,9-18)15(21)20-8-11-4-13(20)12-7-19-6-10(5-17)14(12)22-11/h6-7,11,13H,3-4,8H2,1-2H3/t11-,13-,16+/m0/s1. The minimum absolute atomic E-state index is 0.129. The molecule has 2 bridgehead atoms. The van der Waals surface area contributed by atoms with Gasteiger partial charge in [-0.1, -0.05) is 6.92 Å². The maximum atomic E-state index is 12.8. The van der Waals surface area contributed by atoms with Gasteiger partial charge in [0.1, 0.15) is 28.9 Å². The normalized spacial score (nSPS) is 24.5. The molecule has 2 aliphatic heterocycles. The molecule has 6 heteroatoms. The SMILES string of the molecule is CC[C@](C)(C#N)C(=O)N1C[C@@H]2C[C@H]1c1cncc(C#N)c1O2. The third-order valence-electron chi connectivity index (χ3n) is 4.64. The molecule has 2 aliphatic rings. The summed E-state index contributed by atoms with van der Waals surface area (Å²) in [5, 5.41) is 18.5. The van der Waals surface area contributed by atoms with Gasteiger partial charge in [-0.15, -0.1) is 0 Å². The van der Waals surface area contributed by atoms with E-state index in [9.17, 15) is 15.3 Å². The fourth-order valence-electron chi connectivity index (χ4n) is 3.08. The Morgan fingerprint density at radius 2 is 2.32 bits per heavy atom. The van der Waals surface area contributed by atoms with Crippen molar-refractivity contribution in [3.05, 3.63) is 23.5 Å². The number of nitrogens with zero attached hydrogens (tertiary/aromatic N) is 4. The Morgan fingerprint density at radius 1 is 1.55 bits per heavy atom. The van der Waals surface area contributed by atoms with Crippen LogP contribution < -0.4 is 4.74 Å². The van der Waals surface area contributed by atoms with Crippen LogP contribution in [-0.2, 0) is 4.79 Å². The van der Waals surface area contributed by atoms with Gasteiger partial charge in [-0.25, -0.2) is 0 Å². The minimum atomic E-state index is -1.03. The Morgan fingerprint density at radius 3 is 2.95 bits per heavy atom. The quantitative estimate of drug-likeness (QED) is 0.831. The third kappa shape index (κ3) is 1.92. The number of likely N-dealkylation sites (tertiary alicyclic amines) is 1. The Hall–Kier alpha value is -2.60. The largest absolute Gasteiger partial charge is 0.487 e. The molecule has 1 fully saturated rings. The van der Waals surface area contributed by atoms with Gasteiger partial charge in [0.15, 0.2) is 0 Å². The summed E-state index contributed by atoms with van der Waals surface area (Å²) in [6.07, 6.45) is 4.14. The van der Waals surface area contributed by atoms with Gasteiger partial charge in [0.2, 0.25) is 5.91 Å². The van der Waals surface area contributed by atoms with Crippen LogP contribution in [0.1, 0.15) is 43.9 Å². The second-order valence-electron chi connectivity index (χ2n) is 5.96. The van der Waals surface area contributed by atoms with Crippen LogP contribution in [0.5, 0.6) is 5.75 Å². The van der Waals surface area contributed by atoms with Crippen molar-refractivity contribution >= 4 is 5.91 Å². The van der Waals surface area contributed by atoms with Crippen LogP contribution in [0.2, 0.25) is 0 Å². The van der Waals surface area contributed by atoms with Gasteiger partial charge in [0.25, 0.3) is 0 Å². The number of amides is 1. The number of carbonyl (C=O) groups is 1. The maximum absolute atomic E-state index is 12.8. The predicted octanol–water partition coefficient (Wildman–Crippen LogP) is 1.93. The van der Waals surface area contributed by atoms with Crippen LogP contribution >= 0.6 is 0 Å². The first kappa shape index (κ1) is 14.3. The number of ether oxygens (including phenoxy) is 1. The van der Waals surface area contributed by atoms with Gasteiger partial charge in [0.05, 0.1) is 18.7 Å². The number of fused-ring (bicyclic) bond motifs is 4. The van der Waals surface area contributed by atoms with Crippen molar-refractivity contribution in [2.24, 2.45) is 5.41 Å². The molecule has 112 valence electrons. The van der Waals surface area contributed by atoms with Crippen LogP contribution in [0.15, 0.2) is 12.4 Å². The Labute approximate surface area is 128 Å². The molecule has 1 aromatic heterocycles. The first-order valence-corrected chi connectivity index (χ1v) is 7.31. The van der Waals surface area contributed by atoms with Gasteiger partial charge in [-0.3, -0.25) is 9.78 Å². The summed E-state index contributed by atoms with van der Waals surface area (Å²) < 4.78 is 5.87. The monoisotopic (exact) mass is 296 g/mol. The summed E-state index contributed by atoms with van der Waals surface area (Å²) in [5.74, 6) is 0.355. The van der Waals surface area contributed by atoms with E-state index >= 15 is 0 Å². The lowest BCUT2D eigenvalue weighted by molar-refractivity contribution is -0.139. The number of carbonyl (C=O) groups excluding carboxylic acids is 1. The van der Waals surface area contributed by atoms with Crippen molar-refractivity contribution in [3.63, 3.8) is 0 Å². The highest BCUT2D eigenvalue weighted by Gasteiger charge is 2.47. The molecule has 3 atom stereocenters.